The Kier molecular flexibility index (Phi) is 6.74. The largest absolute Gasteiger partial charge is 0.497 e. The summed E-state index contributed by atoms with van der Waals surface area (Å²) in [4.78, 5) is 23.9. The number of halogens is 2. The topological polar surface area (TPSA) is 64.6 Å². The van der Waals surface area contributed by atoms with Crippen LogP contribution in [0.4, 0.5) is 10.1 Å². The summed E-state index contributed by atoms with van der Waals surface area (Å²) in [7, 11) is 1.56. The molecule has 0 unspecified atom stereocenters. The Morgan fingerprint density at radius 1 is 1.19 bits per heavy atom. The van der Waals surface area contributed by atoms with Gasteiger partial charge in [0.25, 0.3) is 5.91 Å². The standard InChI is InChI=1S/C19H17ClFNO4/c1-12(19(24)22-17-9-6-14(21)11-16(17)20)26-18(23)10-5-13-3-7-15(25-2)8-4-13/h3-12H,1-2H3,(H,22,24)/b10-5+/t12-/m0/s1. The molecule has 2 aromatic carbocycles. The van der Waals surface area contributed by atoms with Crippen LogP contribution in [0, 0.1) is 5.82 Å². The molecule has 0 saturated heterocycles. The molecule has 0 bridgehead atoms. The number of hydrogen-bond acceptors (Lipinski definition) is 4. The number of nitrogens with one attached hydrogen (secondary N) is 1. The highest BCUT2D eigenvalue weighted by Gasteiger charge is 2.17. The van der Waals surface area contributed by atoms with Crippen LogP contribution >= 0.6 is 11.6 Å². The molecule has 2 aromatic rings. The Labute approximate surface area is 155 Å². The summed E-state index contributed by atoms with van der Waals surface area (Å²) in [6, 6.07) is 10.6. The lowest BCUT2D eigenvalue weighted by Gasteiger charge is -2.13. The highest BCUT2D eigenvalue weighted by Crippen LogP contribution is 2.22. The van der Waals surface area contributed by atoms with Gasteiger partial charge < -0.3 is 14.8 Å². The number of methoxy groups -OCH3 is 1. The molecular formula is C19H17ClFNO4. The molecule has 0 aliphatic rings. The van der Waals surface area contributed by atoms with Crippen molar-refractivity contribution in [3.05, 3.63) is 64.9 Å². The van der Waals surface area contributed by atoms with Gasteiger partial charge in [-0.25, -0.2) is 9.18 Å². The SMILES string of the molecule is COc1ccc(/C=C/C(=O)O[C@@H](C)C(=O)Nc2ccc(F)cc2Cl)cc1. The molecule has 0 radical (unpaired) electrons. The van der Waals surface area contributed by atoms with Gasteiger partial charge in [-0.15, -0.1) is 0 Å². The number of benzene rings is 2. The van der Waals surface area contributed by atoms with Gasteiger partial charge in [-0.3, -0.25) is 4.79 Å². The first-order valence-corrected chi connectivity index (χ1v) is 8.05. The van der Waals surface area contributed by atoms with E-state index in [1.165, 1.54) is 19.1 Å². The maximum atomic E-state index is 13.0. The van der Waals surface area contributed by atoms with Gasteiger partial charge in [-0.2, -0.15) is 0 Å². The second kappa shape index (κ2) is 9.01. The van der Waals surface area contributed by atoms with E-state index in [4.69, 9.17) is 21.1 Å². The molecular weight excluding hydrogens is 361 g/mol. The van der Waals surface area contributed by atoms with Crippen molar-refractivity contribution in [3.8, 4) is 5.75 Å². The fourth-order valence-electron chi connectivity index (χ4n) is 1.97. The van der Waals surface area contributed by atoms with Crippen LogP contribution in [0.25, 0.3) is 6.08 Å². The quantitative estimate of drug-likeness (QED) is 0.608. The van der Waals surface area contributed by atoms with E-state index in [2.05, 4.69) is 5.32 Å². The minimum absolute atomic E-state index is 0.0521. The second-order valence-electron chi connectivity index (χ2n) is 5.30. The monoisotopic (exact) mass is 377 g/mol. The lowest BCUT2D eigenvalue weighted by Crippen LogP contribution is -2.29. The maximum absolute atomic E-state index is 13.0. The van der Waals surface area contributed by atoms with Crippen LogP contribution in [0.2, 0.25) is 5.02 Å². The molecule has 0 spiro atoms. The molecule has 0 aliphatic heterocycles. The predicted octanol–water partition coefficient (Wildman–Crippen LogP) is 4.07. The van der Waals surface area contributed by atoms with Gasteiger partial charge in [-0.05, 0) is 48.9 Å². The predicted molar refractivity (Wildman–Crippen MR) is 97.6 cm³/mol. The summed E-state index contributed by atoms with van der Waals surface area (Å²) in [5, 5.41) is 2.53. The molecule has 2 rings (SSSR count). The van der Waals surface area contributed by atoms with Crippen LogP contribution in [0.1, 0.15) is 12.5 Å². The summed E-state index contributed by atoms with van der Waals surface area (Å²) in [6.07, 6.45) is 1.73. The lowest BCUT2D eigenvalue weighted by atomic mass is 10.2. The van der Waals surface area contributed by atoms with Gasteiger partial charge in [0.05, 0.1) is 17.8 Å². The zero-order valence-corrected chi connectivity index (χ0v) is 14.9. The number of rotatable bonds is 6. The average Bonchev–Trinajstić information content (AvgIpc) is 2.62. The Balaban J connectivity index is 1.90. The number of ether oxygens (including phenoxy) is 2. The summed E-state index contributed by atoms with van der Waals surface area (Å²) in [6.45, 7) is 1.42. The van der Waals surface area contributed by atoms with Crippen molar-refractivity contribution in [2.45, 2.75) is 13.0 Å². The van der Waals surface area contributed by atoms with Crippen molar-refractivity contribution in [3.63, 3.8) is 0 Å². The van der Waals surface area contributed by atoms with Crippen molar-refractivity contribution >= 4 is 35.2 Å². The lowest BCUT2D eigenvalue weighted by molar-refractivity contribution is -0.148. The van der Waals surface area contributed by atoms with Crippen LogP contribution in [0.5, 0.6) is 5.75 Å². The second-order valence-corrected chi connectivity index (χ2v) is 5.71. The average molecular weight is 378 g/mol. The third-order valence-electron chi connectivity index (χ3n) is 3.38. The van der Waals surface area contributed by atoms with E-state index >= 15 is 0 Å². The first-order valence-electron chi connectivity index (χ1n) is 7.67. The first-order chi connectivity index (χ1) is 12.4. The van der Waals surface area contributed by atoms with E-state index in [0.717, 1.165) is 17.7 Å². The number of esters is 1. The molecule has 0 aromatic heterocycles. The highest BCUT2D eigenvalue weighted by molar-refractivity contribution is 6.33. The summed E-state index contributed by atoms with van der Waals surface area (Å²) in [5.74, 6) is -1.07. The van der Waals surface area contributed by atoms with Crippen molar-refractivity contribution < 1.29 is 23.5 Å². The van der Waals surface area contributed by atoms with Gasteiger partial charge in [-0.1, -0.05) is 23.7 Å². The molecule has 0 heterocycles. The Hall–Kier alpha value is -2.86. The Morgan fingerprint density at radius 3 is 2.50 bits per heavy atom. The number of carbonyl (C=O) groups is 2. The molecule has 26 heavy (non-hydrogen) atoms. The zero-order valence-electron chi connectivity index (χ0n) is 14.2. The Bertz CT molecular complexity index is 821. The van der Waals surface area contributed by atoms with Crippen molar-refractivity contribution in [2.75, 3.05) is 12.4 Å². The minimum Gasteiger partial charge on any atom is -0.497 e. The van der Waals surface area contributed by atoms with Gasteiger partial charge in [0.2, 0.25) is 0 Å². The third-order valence-corrected chi connectivity index (χ3v) is 3.69. The zero-order chi connectivity index (χ0) is 19.1. The number of carbonyl (C=O) groups excluding carboxylic acids is 2. The molecule has 0 saturated carbocycles. The molecule has 1 N–H and O–H groups in total. The summed E-state index contributed by atoms with van der Waals surface area (Å²) < 4.78 is 23.1. The maximum Gasteiger partial charge on any atom is 0.331 e. The highest BCUT2D eigenvalue weighted by atomic mass is 35.5. The van der Waals surface area contributed by atoms with Crippen molar-refractivity contribution in [2.24, 2.45) is 0 Å². The smallest absolute Gasteiger partial charge is 0.331 e. The van der Waals surface area contributed by atoms with Crippen LogP contribution in [-0.2, 0) is 14.3 Å². The summed E-state index contributed by atoms with van der Waals surface area (Å²) >= 11 is 5.84. The van der Waals surface area contributed by atoms with Crippen LogP contribution in [0.15, 0.2) is 48.5 Å². The summed E-state index contributed by atoms with van der Waals surface area (Å²) in [5.41, 5.74) is 1.01. The Morgan fingerprint density at radius 2 is 1.88 bits per heavy atom. The van der Waals surface area contributed by atoms with E-state index in [1.807, 2.05) is 0 Å². The fraction of sp³-hybridized carbons (Fsp3) is 0.158. The van der Waals surface area contributed by atoms with Crippen LogP contribution < -0.4 is 10.1 Å². The molecule has 0 fully saturated rings. The van der Waals surface area contributed by atoms with Gasteiger partial charge in [0.1, 0.15) is 11.6 Å². The molecule has 5 nitrogen and oxygen atoms in total. The molecule has 7 heteroatoms. The van der Waals surface area contributed by atoms with Gasteiger partial charge >= 0.3 is 5.97 Å². The van der Waals surface area contributed by atoms with Gasteiger partial charge in [0, 0.05) is 6.08 Å². The molecule has 0 aliphatic carbocycles. The normalized spacial score (nSPS) is 11.8. The molecule has 1 atom stereocenters. The third kappa shape index (κ3) is 5.60. The van der Waals surface area contributed by atoms with Crippen LogP contribution in [0.3, 0.4) is 0 Å². The minimum atomic E-state index is -1.05. The van der Waals surface area contributed by atoms with E-state index in [-0.39, 0.29) is 10.7 Å². The van der Waals surface area contributed by atoms with E-state index in [0.29, 0.717) is 5.75 Å². The fourth-order valence-corrected chi connectivity index (χ4v) is 2.19. The number of amides is 1. The number of anilines is 1. The van der Waals surface area contributed by atoms with Crippen molar-refractivity contribution in [1.29, 1.82) is 0 Å². The van der Waals surface area contributed by atoms with Gasteiger partial charge in [0.15, 0.2) is 6.10 Å². The molecule has 1 amide bonds. The number of hydrogen-bond donors (Lipinski definition) is 1. The van der Waals surface area contributed by atoms with E-state index in [9.17, 15) is 14.0 Å². The first kappa shape index (κ1) is 19.5. The molecule has 136 valence electrons. The van der Waals surface area contributed by atoms with E-state index in [1.54, 1.807) is 37.5 Å². The van der Waals surface area contributed by atoms with Crippen molar-refractivity contribution in [1.82, 2.24) is 0 Å². The van der Waals surface area contributed by atoms with Crippen LogP contribution in [-0.4, -0.2) is 25.1 Å². The van der Waals surface area contributed by atoms with E-state index < -0.39 is 23.8 Å².